The van der Waals surface area contributed by atoms with Crippen LogP contribution in [0.25, 0.3) is 0 Å². The van der Waals surface area contributed by atoms with Crippen molar-refractivity contribution in [2.24, 2.45) is 0 Å². The van der Waals surface area contributed by atoms with E-state index in [0.29, 0.717) is 0 Å². The fraction of sp³-hybridized carbons (Fsp3) is 0.300. The summed E-state index contributed by atoms with van der Waals surface area (Å²) in [6, 6.07) is 12.7. The van der Waals surface area contributed by atoms with Crippen molar-refractivity contribution in [3.63, 3.8) is 0 Å². The molecule has 1 amide bonds. The van der Waals surface area contributed by atoms with Gasteiger partial charge in [0.2, 0.25) is 0 Å². The van der Waals surface area contributed by atoms with Gasteiger partial charge in [0.25, 0.3) is 5.91 Å². The molecule has 1 aliphatic carbocycles. The quantitative estimate of drug-likeness (QED) is 0.766. The van der Waals surface area contributed by atoms with E-state index in [2.05, 4.69) is 11.4 Å². The second kappa shape index (κ2) is 8.11. The third kappa shape index (κ3) is 4.02. The largest absolute Gasteiger partial charge is 0.449 e. The number of esters is 1. The van der Waals surface area contributed by atoms with Crippen molar-refractivity contribution in [1.29, 1.82) is 0 Å². The zero-order chi connectivity index (χ0) is 18.7. The van der Waals surface area contributed by atoms with Gasteiger partial charge in [0.15, 0.2) is 6.10 Å². The predicted octanol–water partition coefficient (Wildman–Crippen LogP) is 4.73. The molecule has 0 spiro atoms. The Morgan fingerprint density at radius 2 is 1.92 bits per heavy atom. The standard InChI is InChI=1S/C20H19Cl2NO3/c1-12(26-20(25)15-9-5-10-16(21)18(15)22)19(24)23-17-11-4-7-13-6-2-3-8-14(13)17/h2-3,5-6,8-10,12,17H,4,7,11H2,1H3,(H,23,24)/t12-,17-/m1/s1. The summed E-state index contributed by atoms with van der Waals surface area (Å²) in [4.78, 5) is 24.8. The lowest BCUT2D eigenvalue weighted by molar-refractivity contribution is -0.130. The fourth-order valence-electron chi connectivity index (χ4n) is 3.13. The summed E-state index contributed by atoms with van der Waals surface area (Å²) < 4.78 is 5.27. The summed E-state index contributed by atoms with van der Waals surface area (Å²) in [6.07, 6.45) is 1.95. The summed E-state index contributed by atoms with van der Waals surface area (Å²) in [5.41, 5.74) is 2.52. The van der Waals surface area contributed by atoms with Gasteiger partial charge < -0.3 is 10.1 Å². The lowest BCUT2D eigenvalue weighted by atomic mass is 9.87. The number of amides is 1. The molecular formula is C20H19Cl2NO3. The van der Waals surface area contributed by atoms with Crippen molar-refractivity contribution < 1.29 is 14.3 Å². The number of fused-ring (bicyclic) bond motifs is 1. The summed E-state index contributed by atoms with van der Waals surface area (Å²) in [7, 11) is 0. The highest BCUT2D eigenvalue weighted by Gasteiger charge is 2.26. The molecule has 0 saturated heterocycles. The number of aryl methyl sites for hydroxylation is 1. The average Bonchev–Trinajstić information content (AvgIpc) is 2.64. The maximum atomic E-state index is 12.5. The van der Waals surface area contributed by atoms with Crippen LogP contribution >= 0.6 is 23.2 Å². The van der Waals surface area contributed by atoms with Crippen LogP contribution in [0.2, 0.25) is 10.0 Å². The summed E-state index contributed by atoms with van der Waals surface area (Å²) in [5.74, 6) is -1.01. The second-order valence-corrected chi connectivity index (χ2v) is 7.09. The third-order valence-electron chi connectivity index (χ3n) is 4.51. The van der Waals surface area contributed by atoms with Crippen LogP contribution in [0.5, 0.6) is 0 Å². The van der Waals surface area contributed by atoms with E-state index in [1.807, 2.05) is 18.2 Å². The molecule has 26 heavy (non-hydrogen) atoms. The number of rotatable bonds is 4. The third-order valence-corrected chi connectivity index (χ3v) is 5.33. The van der Waals surface area contributed by atoms with Crippen molar-refractivity contribution in [2.45, 2.75) is 38.3 Å². The van der Waals surface area contributed by atoms with Gasteiger partial charge >= 0.3 is 5.97 Å². The van der Waals surface area contributed by atoms with Crippen molar-refractivity contribution in [3.05, 3.63) is 69.2 Å². The molecule has 0 aliphatic heterocycles. The van der Waals surface area contributed by atoms with Crippen LogP contribution in [0.1, 0.15) is 47.3 Å². The molecule has 0 fully saturated rings. The van der Waals surface area contributed by atoms with Gasteiger partial charge in [0.1, 0.15) is 0 Å². The molecule has 0 unspecified atom stereocenters. The van der Waals surface area contributed by atoms with Crippen molar-refractivity contribution in [1.82, 2.24) is 5.32 Å². The van der Waals surface area contributed by atoms with E-state index in [4.69, 9.17) is 27.9 Å². The number of ether oxygens (including phenoxy) is 1. The molecule has 4 nitrogen and oxygen atoms in total. The molecule has 0 aromatic heterocycles. The normalized spacial score (nSPS) is 17.1. The lowest BCUT2D eigenvalue weighted by Gasteiger charge is -2.27. The van der Waals surface area contributed by atoms with Crippen molar-refractivity contribution in [2.75, 3.05) is 0 Å². The van der Waals surface area contributed by atoms with Gasteiger partial charge in [-0.3, -0.25) is 4.79 Å². The summed E-state index contributed by atoms with van der Waals surface area (Å²) in [6.45, 7) is 1.54. The zero-order valence-corrected chi connectivity index (χ0v) is 15.8. The first-order valence-corrected chi connectivity index (χ1v) is 9.26. The summed E-state index contributed by atoms with van der Waals surface area (Å²) >= 11 is 11.9. The Morgan fingerprint density at radius 1 is 1.15 bits per heavy atom. The van der Waals surface area contributed by atoms with E-state index in [1.165, 1.54) is 11.6 Å². The van der Waals surface area contributed by atoms with Crippen LogP contribution in [0.15, 0.2) is 42.5 Å². The average molecular weight is 392 g/mol. The highest BCUT2D eigenvalue weighted by molar-refractivity contribution is 6.43. The Bertz CT molecular complexity index is 838. The number of hydrogen-bond donors (Lipinski definition) is 1. The van der Waals surface area contributed by atoms with Crippen LogP contribution < -0.4 is 5.32 Å². The van der Waals surface area contributed by atoms with E-state index in [1.54, 1.807) is 19.1 Å². The number of nitrogens with one attached hydrogen (secondary N) is 1. The Kier molecular flexibility index (Phi) is 5.84. The molecule has 0 heterocycles. The molecule has 6 heteroatoms. The molecule has 1 aliphatic rings. The minimum atomic E-state index is -0.938. The number of benzene rings is 2. The SMILES string of the molecule is C[C@@H](OC(=O)c1cccc(Cl)c1Cl)C(=O)N[C@@H]1CCCc2ccccc21. The highest BCUT2D eigenvalue weighted by atomic mass is 35.5. The lowest BCUT2D eigenvalue weighted by Crippen LogP contribution is -2.39. The molecule has 2 atom stereocenters. The molecule has 0 saturated carbocycles. The zero-order valence-electron chi connectivity index (χ0n) is 14.3. The van der Waals surface area contributed by atoms with Gasteiger partial charge in [0.05, 0.1) is 21.7 Å². The Labute approximate surface area is 162 Å². The molecule has 136 valence electrons. The van der Waals surface area contributed by atoms with Crippen LogP contribution in [0, 0.1) is 0 Å². The van der Waals surface area contributed by atoms with Crippen molar-refractivity contribution >= 4 is 35.1 Å². The van der Waals surface area contributed by atoms with Crippen LogP contribution in [0.3, 0.4) is 0 Å². The summed E-state index contributed by atoms with van der Waals surface area (Å²) in [5, 5.41) is 3.36. The Balaban J connectivity index is 1.65. The number of hydrogen-bond acceptors (Lipinski definition) is 3. The van der Waals surface area contributed by atoms with Gasteiger partial charge in [-0.05, 0) is 49.4 Å². The molecule has 0 radical (unpaired) electrons. The molecule has 2 aromatic rings. The molecule has 3 rings (SSSR count). The van der Waals surface area contributed by atoms with Crippen molar-refractivity contribution in [3.8, 4) is 0 Å². The van der Waals surface area contributed by atoms with Gasteiger partial charge in [-0.15, -0.1) is 0 Å². The molecule has 0 bridgehead atoms. The molecular weight excluding hydrogens is 373 g/mol. The van der Waals surface area contributed by atoms with E-state index < -0.39 is 12.1 Å². The number of carbonyl (C=O) groups excluding carboxylic acids is 2. The first kappa shape index (κ1) is 18.7. The number of carbonyl (C=O) groups is 2. The topological polar surface area (TPSA) is 55.4 Å². The minimum Gasteiger partial charge on any atom is -0.449 e. The first-order chi connectivity index (χ1) is 12.5. The second-order valence-electron chi connectivity index (χ2n) is 6.30. The Morgan fingerprint density at radius 3 is 2.73 bits per heavy atom. The smallest absolute Gasteiger partial charge is 0.340 e. The van der Waals surface area contributed by atoms with E-state index in [9.17, 15) is 9.59 Å². The maximum absolute atomic E-state index is 12.5. The van der Waals surface area contributed by atoms with E-state index >= 15 is 0 Å². The maximum Gasteiger partial charge on any atom is 0.340 e. The fourth-order valence-corrected chi connectivity index (χ4v) is 3.51. The predicted molar refractivity (Wildman–Crippen MR) is 102 cm³/mol. The van der Waals surface area contributed by atoms with Gasteiger partial charge in [-0.25, -0.2) is 4.79 Å². The number of halogens is 2. The Hall–Kier alpha value is -2.04. The van der Waals surface area contributed by atoms with Crippen LogP contribution in [-0.2, 0) is 16.0 Å². The van der Waals surface area contributed by atoms with Gasteiger partial charge in [0, 0.05) is 0 Å². The molecule has 1 N–H and O–H groups in total. The van der Waals surface area contributed by atoms with E-state index in [-0.39, 0.29) is 27.6 Å². The van der Waals surface area contributed by atoms with Crippen LogP contribution in [0.4, 0.5) is 0 Å². The van der Waals surface area contributed by atoms with Gasteiger partial charge in [-0.2, -0.15) is 0 Å². The molecule has 2 aromatic carbocycles. The van der Waals surface area contributed by atoms with Gasteiger partial charge in [-0.1, -0.05) is 53.5 Å². The van der Waals surface area contributed by atoms with E-state index in [0.717, 1.165) is 24.8 Å². The van der Waals surface area contributed by atoms with Crippen LogP contribution in [-0.4, -0.2) is 18.0 Å². The monoisotopic (exact) mass is 391 g/mol. The first-order valence-electron chi connectivity index (χ1n) is 8.50. The highest BCUT2D eigenvalue weighted by Crippen LogP contribution is 2.30. The minimum absolute atomic E-state index is 0.0663.